The first-order valence-corrected chi connectivity index (χ1v) is 8.74. The smallest absolute Gasteiger partial charge is 0.430 e. The highest BCUT2D eigenvalue weighted by Crippen LogP contribution is 2.41. The number of hydrogen-bond acceptors (Lipinski definition) is 3. The van der Waals surface area contributed by atoms with Gasteiger partial charge >= 0.3 is 12.1 Å². The number of hydrogen-bond donors (Lipinski definition) is 1. The van der Waals surface area contributed by atoms with Gasteiger partial charge in [0.05, 0.1) is 5.57 Å². The molecule has 1 unspecified atom stereocenters. The third-order valence-electron chi connectivity index (χ3n) is 3.85. The van der Waals surface area contributed by atoms with Crippen molar-refractivity contribution in [3.63, 3.8) is 0 Å². The largest absolute Gasteiger partial charge is 0.478 e. The van der Waals surface area contributed by atoms with Crippen molar-refractivity contribution in [3.05, 3.63) is 64.7 Å². The molecule has 7 heteroatoms. The fraction of sp³-hybridized carbons (Fsp3) is 0.211. The van der Waals surface area contributed by atoms with E-state index in [1.54, 1.807) is 19.1 Å². The first-order chi connectivity index (χ1) is 12.3. The van der Waals surface area contributed by atoms with Crippen LogP contribution in [0.1, 0.15) is 16.7 Å². The summed E-state index contributed by atoms with van der Waals surface area (Å²) >= 11 is 1.47. The third kappa shape index (κ3) is 3.88. The number of fused-ring (bicyclic) bond motifs is 1. The summed E-state index contributed by atoms with van der Waals surface area (Å²) in [4.78, 5) is 12.2. The normalized spacial score (nSPS) is 16.5. The fourth-order valence-corrected chi connectivity index (χ4v) is 3.64. The van der Waals surface area contributed by atoms with Gasteiger partial charge in [0, 0.05) is 21.8 Å². The minimum atomic E-state index is -4.81. The van der Waals surface area contributed by atoms with Crippen LogP contribution >= 0.6 is 11.8 Å². The standard InChI is InChI=1S/C19H15F3O3S/c1-11-7-12-9-15(18(23)24)17(19(20,21)22)25-16(12)13(8-11)10-26-14-5-3-2-4-6-14/h2-9,17H,10H2,1H3,(H,23,24). The van der Waals surface area contributed by atoms with Crippen LogP contribution in [-0.2, 0) is 10.5 Å². The first kappa shape index (κ1) is 18.4. The number of benzene rings is 2. The maximum Gasteiger partial charge on any atom is 0.430 e. The minimum Gasteiger partial charge on any atom is -0.478 e. The van der Waals surface area contributed by atoms with Crippen molar-refractivity contribution >= 4 is 23.8 Å². The molecule has 0 saturated carbocycles. The van der Waals surface area contributed by atoms with Gasteiger partial charge in [0.15, 0.2) is 0 Å². The second kappa shape index (κ2) is 7.07. The van der Waals surface area contributed by atoms with E-state index < -0.39 is 23.8 Å². The Morgan fingerprint density at radius 2 is 1.92 bits per heavy atom. The van der Waals surface area contributed by atoms with Crippen molar-refractivity contribution in [2.24, 2.45) is 0 Å². The van der Waals surface area contributed by atoms with Gasteiger partial charge in [0.25, 0.3) is 0 Å². The quantitative estimate of drug-likeness (QED) is 0.752. The summed E-state index contributed by atoms with van der Waals surface area (Å²) in [5.74, 6) is -1.14. The van der Waals surface area contributed by atoms with Crippen LogP contribution in [0.25, 0.3) is 6.08 Å². The summed E-state index contributed by atoms with van der Waals surface area (Å²) in [6.45, 7) is 1.81. The summed E-state index contributed by atoms with van der Waals surface area (Å²) < 4.78 is 45.0. The number of carbonyl (C=O) groups is 1. The van der Waals surface area contributed by atoms with E-state index in [0.29, 0.717) is 16.9 Å². The molecule has 0 bridgehead atoms. The molecule has 1 N–H and O–H groups in total. The second-order valence-corrected chi connectivity index (χ2v) is 6.94. The number of aryl methyl sites for hydroxylation is 1. The maximum absolute atomic E-state index is 13.3. The van der Waals surface area contributed by atoms with Crippen LogP contribution in [-0.4, -0.2) is 23.4 Å². The van der Waals surface area contributed by atoms with E-state index in [0.717, 1.165) is 16.5 Å². The van der Waals surface area contributed by atoms with Crippen molar-refractivity contribution < 1.29 is 27.8 Å². The highest BCUT2D eigenvalue weighted by molar-refractivity contribution is 7.98. The number of carboxylic acid groups (broad SMARTS) is 1. The van der Waals surface area contributed by atoms with E-state index in [1.807, 2.05) is 30.3 Å². The van der Waals surface area contributed by atoms with Crippen LogP contribution in [0.15, 0.2) is 52.9 Å². The Labute approximate surface area is 152 Å². The Hall–Kier alpha value is -2.41. The maximum atomic E-state index is 13.3. The number of ether oxygens (including phenoxy) is 1. The van der Waals surface area contributed by atoms with E-state index >= 15 is 0 Å². The molecule has 1 heterocycles. The van der Waals surface area contributed by atoms with Gasteiger partial charge in [-0.2, -0.15) is 13.2 Å². The van der Waals surface area contributed by atoms with Crippen LogP contribution in [0.5, 0.6) is 5.75 Å². The van der Waals surface area contributed by atoms with E-state index in [2.05, 4.69) is 0 Å². The Morgan fingerprint density at radius 3 is 2.54 bits per heavy atom. The molecule has 1 aliphatic heterocycles. The van der Waals surface area contributed by atoms with Crippen molar-refractivity contribution in [2.45, 2.75) is 29.9 Å². The van der Waals surface area contributed by atoms with Crippen LogP contribution in [0.3, 0.4) is 0 Å². The molecule has 0 aliphatic carbocycles. The molecule has 0 aromatic heterocycles. The van der Waals surface area contributed by atoms with Gasteiger partial charge in [0.1, 0.15) is 5.75 Å². The van der Waals surface area contributed by atoms with E-state index in [4.69, 9.17) is 9.84 Å². The van der Waals surface area contributed by atoms with Gasteiger partial charge < -0.3 is 9.84 Å². The van der Waals surface area contributed by atoms with Gasteiger partial charge in [-0.05, 0) is 36.8 Å². The zero-order valence-corrected chi connectivity index (χ0v) is 14.5. The monoisotopic (exact) mass is 380 g/mol. The SMILES string of the molecule is Cc1cc2c(c(CSc3ccccc3)c1)OC(C(F)(F)F)C(C(=O)O)=C2. The molecule has 0 amide bonds. The van der Waals surface area contributed by atoms with Gasteiger partial charge in [-0.3, -0.25) is 0 Å². The van der Waals surface area contributed by atoms with Crippen LogP contribution < -0.4 is 4.74 Å². The first-order valence-electron chi connectivity index (χ1n) is 7.75. The molecule has 1 aliphatic rings. The summed E-state index contributed by atoms with van der Waals surface area (Å²) in [6.07, 6.45) is -6.23. The summed E-state index contributed by atoms with van der Waals surface area (Å²) in [7, 11) is 0. The Bertz CT molecular complexity index is 860. The molecule has 0 fully saturated rings. The molecule has 136 valence electrons. The highest BCUT2D eigenvalue weighted by atomic mass is 32.2. The zero-order valence-electron chi connectivity index (χ0n) is 13.7. The predicted octanol–water partition coefficient (Wildman–Crippen LogP) is 5.08. The van der Waals surface area contributed by atoms with Crippen molar-refractivity contribution in [1.82, 2.24) is 0 Å². The van der Waals surface area contributed by atoms with Crippen LogP contribution in [0.4, 0.5) is 13.2 Å². The molecule has 0 spiro atoms. The summed E-state index contributed by atoms with van der Waals surface area (Å²) in [6, 6.07) is 12.9. The van der Waals surface area contributed by atoms with Gasteiger partial charge in [-0.15, -0.1) is 11.8 Å². The van der Waals surface area contributed by atoms with Crippen molar-refractivity contribution in [3.8, 4) is 5.75 Å². The Morgan fingerprint density at radius 1 is 1.23 bits per heavy atom. The Kier molecular flexibility index (Phi) is 5.00. The van der Waals surface area contributed by atoms with Crippen molar-refractivity contribution in [2.75, 3.05) is 0 Å². The molecule has 2 aromatic rings. The van der Waals surface area contributed by atoms with E-state index in [-0.39, 0.29) is 5.75 Å². The lowest BCUT2D eigenvalue weighted by atomic mass is 9.97. The predicted molar refractivity (Wildman–Crippen MR) is 93.3 cm³/mol. The number of alkyl halides is 3. The molecule has 26 heavy (non-hydrogen) atoms. The Balaban J connectivity index is 1.99. The summed E-state index contributed by atoms with van der Waals surface area (Å²) in [5.41, 5.74) is 0.968. The molecule has 1 atom stereocenters. The second-order valence-electron chi connectivity index (χ2n) is 5.89. The van der Waals surface area contributed by atoms with Crippen molar-refractivity contribution in [1.29, 1.82) is 0 Å². The average Bonchev–Trinajstić information content (AvgIpc) is 2.58. The molecule has 3 rings (SSSR count). The number of thioether (sulfide) groups is 1. The topological polar surface area (TPSA) is 46.5 Å². The molecule has 0 radical (unpaired) electrons. The number of aliphatic carboxylic acids is 1. The number of halogens is 3. The van der Waals surface area contributed by atoms with E-state index in [1.165, 1.54) is 11.8 Å². The lowest BCUT2D eigenvalue weighted by Gasteiger charge is -2.28. The zero-order chi connectivity index (χ0) is 18.9. The fourth-order valence-electron chi connectivity index (χ4n) is 2.76. The lowest BCUT2D eigenvalue weighted by molar-refractivity contribution is -0.187. The van der Waals surface area contributed by atoms with Gasteiger partial charge in [-0.25, -0.2) is 4.79 Å². The lowest BCUT2D eigenvalue weighted by Crippen LogP contribution is -2.40. The molecule has 3 nitrogen and oxygen atoms in total. The molecule has 2 aromatic carbocycles. The number of rotatable bonds is 4. The molecular weight excluding hydrogens is 365 g/mol. The molecular formula is C19H15F3O3S. The summed E-state index contributed by atoms with van der Waals surface area (Å²) in [5, 5.41) is 9.14. The van der Waals surface area contributed by atoms with Gasteiger partial charge in [-0.1, -0.05) is 24.3 Å². The highest BCUT2D eigenvalue weighted by Gasteiger charge is 2.48. The van der Waals surface area contributed by atoms with E-state index in [9.17, 15) is 18.0 Å². The third-order valence-corrected chi connectivity index (χ3v) is 4.91. The number of carboxylic acids is 1. The minimum absolute atomic E-state index is 0.0892. The van der Waals surface area contributed by atoms with Crippen LogP contribution in [0.2, 0.25) is 0 Å². The van der Waals surface area contributed by atoms with Gasteiger partial charge in [0.2, 0.25) is 6.10 Å². The molecule has 0 saturated heterocycles. The van der Waals surface area contributed by atoms with Crippen LogP contribution in [0, 0.1) is 6.92 Å². The average molecular weight is 380 g/mol.